The molecule has 3 aromatic rings. The van der Waals surface area contributed by atoms with Gasteiger partial charge >= 0.3 is 6.16 Å². The van der Waals surface area contributed by atoms with Gasteiger partial charge in [-0.1, -0.05) is 12.1 Å². The van der Waals surface area contributed by atoms with Crippen molar-refractivity contribution in [3.63, 3.8) is 0 Å². The van der Waals surface area contributed by atoms with Gasteiger partial charge in [-0.15, -0.1) is 0 Å². The molecule has 2 aromatic carbocycles. The number of Topliss-reactive ketones (excluding diaryl/α,β-unsaturated/α-hetero) is 1. The number of ketones is 1. The van der Waals surface area contributed by atoms with Crippen LogP contribution in [-0.4, -0.2) is 22.0 Å². The standard InChI is InChI=1S/C20H16N2O4/c1-12-19(16-10-15(26-20(24)25)7-8-17(16)22-12)18(23)9-6-13-2-4-14(11-21)5-3-13/h2-5,7-8,10,22H,6,9H2,1H3,(H,24,25). The lowest BCUT2D eigenvalue weighted by Crippen LogP contribution is -2.04. The Balaban J connectivity index is 1.83. The zero-order valence-electron chi connectivity index (χ0n) is 14.1. The second-order valence-electron chi connectivity index (χ2n) is 5.93. The summed E-state index contributed by atoms with van der Waals surface area (Å²) in [5.74, 6) is 0.135. The van der Waals surface area contributed by atoms with E-state index in [9.17, 15) is 9.59 Å². The number of H-pyrrole nitrogens is 1. The van der Waals surface area contributed by atoms with E-state index in [1.165, 1.54) is 6.07 Å². The summed E-state index contributed by atoms with van der Waals surface area (Å²) in [6.07, 6.45) is -0.531. The Hall–Kier alpha value is -3.59. The minimum absolute atomic E-state index is 0.0365. The molecule has 0 aliphatic carbocycles. The molecule has 0 spiro atoms. The van der Waals surface area contributed by atoms with Gasteiger partial charge in [0.2, 0.25) is 0 Å². The molecule has 1 aromatic heterocycles. The topological polar surface area (TPSA) is 103 Å². The highest BCUT2D eigenvalue weighted by atomic mass is 16.7. The summed E-state index contributed by atoms with van der Waals surface area (Å²) in [7, 11) is 0. The fourth-order valence-corrected chi connectivity index (χ4v) is 2.96. The van der Waals surface area contributed by atoms with Crippen LogP contribution in [0.3, 0.4) is 0 Å². The molecular weight excluding hydrogens is 332 g/mol. The predicted molar refractivity (Wildman–Crippen MR) is 95.5 cm³/mol. The molecule has 0 saturated heterocycles. The van der Waals surface area contributed by atoms with Crippen molar-refractivity contribution in [3.05, 3.63) is 64.8 Å². The van der Waals surface area contributed by atoms with Gasteiger partial charge in [0.05, 0.1) is 11.6 Å². The number of carbonyl (C=O) groups excluding carboxylic acids is 1. The van der Waals surface area contributed by atoms with Crippen molar-refractivity contribution in [2.75, 3.05) is 0 Å². The average Bonchev–Trinajstić information content (AvgIpc) is 2.95. The third-order valence-corrected chi connectivity index (χ3v) is 4.17. The summed E-state index contributed by atoms with van der Waals surface area (Å²) >= 11 is 0. The van der Waals surface area contributed by atoms with Gasteiger partial charge in [0.1, 0.15) is 5.75 Å². The second kappa shape index (κ2) is 7.11. The number of benzene rings is 2. The first kappa shape index (κ1) is 17.2. The monoisotopic (exact) mass is 348 g/mol. The number of carbonyl (C=O) groups is 2. The zero-order chi connectivity index (χ0) is 18.7. The van der Waals surface area contributed by atoms with Crippen molar-refractivity contribution >= 4 is 22.8 Å². The van der Waals surface area contributed by atoms with Crippen LogP contribution in [-0.2, 0) is 6.42 Å². The van der Waals surface area contributed by atoms with E-state index in [1.807, 2.05) is 19.1 Å². The van der Waals surface area contributed by atoms with Crippen LogP contribution in [0.1, 0.15) is 33.6 Å². The number of aromatic nitrogens is 1. The van der Waals surface area contributed by atoms with Gasteiger partial charge < -0.3 is 14.8 Å². The Bertz CT molecular complexity index is 1030. The summed E-state index contributed by atoms with van der Waals surface area (Å²) < 4.78 is 4.68. The van der Waals surface area contributed by atoms with Gasteiger partial charge in [-0.05, 0) is 49.2 Å². The Labute approximate surface area is 149 Å². The molecule has 0 fully saturated rings. The van der Waals surface area contributed by atoms with E-state index in [1.54, 1.807) is 24.3 Å². The average molecular weight is 348 g/mol. The predicted octanol–water partition coefficient (Wildman–Crippen LogP) is 4.22. The van der Waals surface area contributed by atoms with Crippen molar-refractivity contribution in [2.45, 2.75) is 19.8 Å². The van der Waals surface area contributed by atoms with Crippen molar-refractivity contribution < 1.29 is 19.4 Å². The molecule has 0 aliphatic heterocycles. The summed E-state index contributed by atoms with van der Waals surface area (Å²) in [6.45, 7) is 1.81. The van der Waals surface area contributed by atoms with Crippen molar-refractivity contribution in [3.8, 4) is 11.8 Å². The Kier molecular flexibility index (Phi) is 4.72. The van der Waals surface area contributed by atoms with Crippen molar-refractivity contribution in [1.82, 2.24) is 4.98 Å². The summed E-state index contributed by atoms with van der Waals surface area (Å²) in [5.41, 5.74) is 3.59. The number of aryl methyl sites for hydroxylation is 2. The zero-order valence-corrected chi connectivity index (χ0v) is 14.1. The van der Waals surface area contributed by atoms with Gasteiger partial charge in [-0.25, -0.2) is 4.79 Å². The molecule has 26 heavy (non-hydrogen) atoms. The molecular formula is C20H16N2O4. The molecule has 0 saturated carbocycles. The smallest absolute Gasteiger partial charge is 0.449 e. The van der Waals surface area contributed by atoms with Gasteiger partial charge in [0.15, 0.2) is 5.78 Å². The minimum atomic E-state index is -1.40. The van der Waals surface area contributed by atoms with Crippen LogP contribution < -0.4 is 4.74 Å². The molecule has 6 heteroatoms. The van der Waals surface area contributed by atoms with E-state index >= 15 is 0 Å². The number of aromatic amines is 1. The number of nitrogens with one attached hydrogen (secondary N) is 1. The van der Waals surface area contributed by atoms with E-state index in [0.717, 1.165) is 16.8 Å². The van der Waals surface area contributed by atoms with Crippen LogP contribution in [0.4, 0.5) is 4.79 Å². The summed E-state index contributed by atoms with van der Waals surface area (Å²) in [6, 6.07) is 14.0. The first-order valence-corrected chi connectivity index (χ1v) is 8.03. The third kappa shape index (κ3) is 3.57. The van der Waals surface area contributed by atoms with Gasteiger partial charge in [-0.3, -0.25) is 4.79 Å². The van der Waals surface area contributed by atoms with E-state index in [2.05, 4.69) is 15.8 Å². The van der Waals surface area contributed by atoms with E-state index in [-0.39, 0.29) is 11.5 Å². The molecule has 0 radical (unpaired) electrons. The number of carboxylic acid groups (broad SMARTS) is 1. The molecule has 1 heterocycles. The van der Waals surface area contributed by atoms with Crippen LogP contribution in [0.15, 0.2) is 42.5 Å². The molecule has 0 bridgehead atoms. The largest absolute Gasteiger partial charge is 0.511 e. The molecule has 0 unspecified atom stereocenters. The Morgan fingerprint density at radius 3 is 2.58 bits per heavy atom. The lowest BCUT2D eigenvalue weighted by molar-refractivity contribution is 0.0983. The second-order valence-corrected chi connectivity index (χ2v) is 5.93. The van der Waals surface area contributed by atoms with Crippen LogP contribution in [0.25, 0.3) is 10.9 Å². The number of nitriles is 1. The maximum Gasteiger partial charge on any atom is 0.511 e. The maximum absolute atomic E-state index is 12.7. The fraction of sp³-hybridized carbons (Fsp3) is 0.150. The highest BCUT2D eigenvalue weighted by Gasteiger charge is 2.17. The Morgan fingerprint density at radius 1 is 1.19 bits per heavy atom. The van der Waals surface area contributed by atoms with Crippen LogP contribution in [0.2, 0.25) is 0 Å². The van der Waals surface area contributed by atoms with Crippen molar-refractivity contribution in [1.29, 1.82) is 5.26 Å². The first-order chi connectivity index (χ1) is 12.5. The quantitative estimate of drug-likeness (QED) is 0.408. The molecule has 6 nitrogen and oxygen atoms in total. The number of rotatable bonds is 5. The number of fused-ring (bicyclic) bond motifs is 1. The normalized spacial score (nSPS) is 10.5. The molecule has 0 amide bonds. The molecule has 130 valence electrons. The lowest BCUT2D eigenvalue weighted by atomic mass is 10.00. The fourth-order valence-electron chi connectivity index (χ4n) is 2.96. The molecule has 3 rings (SSSR count). The number of nitrogens with zero attached hydrogens (tertiary/aromatic N) is 1. The summed E-state index contributed by atoms with van der Waals surface area (Å²) in [5, 5.41) is 18.2. The van der Waals surface area contributed by atoms with Crippen LogP contribution >= 0.6 is 0 Å². The van der Waals surface area contributed by atoms with E-state index in [4.69, 9.17) is 10.4 Å². The summed E-state index contributed by atoms with van der Waals surface area (Å²) in [4.78, 5) is 26.6. The minimum Gasteiger partial charge on any atom is -0.449 e. The SMILES string of the molecule is Cc1[nH]c2ccc(OC(=O)O)cc2c1C(=O)CCc1ccc(C#N)cc1. The van der Waals surface area contributed by atoms with Crippen LogP contribution in [0.5, 0.6) is 5.75 Å². The van der Waals surface area contributed by atoms with Crippen molar-refractivity contribution in [2.24, 2.45) is 0 Å². The Morgan fingerprint density at radius 2 is 1.92 bits per heavy atom. The molecule has 0 atom stereocenters. The lowest BCUT2D eigenvalue weighted by Gasteiger charge is -2.04. The number of hydrogen-bond donors (Lipinski definition) is 2. The third-order valence-electron chi connectivity index (χ3n) is 4.17. The highest BCUT2D eigenvalue weighted by Crippen LogP contribution is 2.28. The molecule has 2 N–H and O–H groups in total. The van der Waals surface area contributed by atoms with Crippen LogP contribution in [0, 0.1) is 18.3 Å². The van der Waals surface area contributed by atoms with Gasteiger partial charge in [0, 0.05) is 28.6 Å². The number of ether oxygens (including phenoxy) is 1. The highest BCUT2D eigenvalue weighted by molar-refractivity contribution is 6.09. The molecule has 0 aliphatic rings. The number of hydrogen-bond acceptors (Lipinski definition) is 4. The van der Waals surface area contributed by atoms with E-state index in [0.29, 0.717) is 29.4 Å². The van der Waals surface area contributed by atoms with Gasteiger partial charge in [0.25, 0.3) is 0 Å². The van der Waals surface area contributed by atoms with Gasteiger partial charge in [-0.2, -0.15) is 5.26 Å². The first-order valence-electron chi connectivity index (χ1n) is 8.03. The van der Waals surface area contributed by atoms with E-state index < -0.39 is 6.16 Å². The maximum atomic E-state index is 12.7.